The number of amides is 1. The molecule has 1 atom stereocenters. The Balaban J connectivity index is 3.93. The van der Waals surface area contributed by atoms with Gasteiger partial charge in [0.05, 0.1) is 10.9 Å². The predicted molar refractivity (Wildman–Crippen MR) is 47.8 cm³/mol. The molecule has 1 unspecified atom stereocenters. The van der Waals surface area contributed by atoms with Crippen LogP contribution in [0.5, 0.6) is 0 Å². The molecule has 0 aromatic carbocycles. The molecule has 0 fully saturated rings. The number of thiocarbonyl (C=S) groups is 1. The van der Waals surface area contributed by atoms with E-state index in [2.05, 4.69) is 17.6 Å². The fourth-order valence-electron chi connectivity index (χ4n) is 0.446. The number of hydrazine groups is 1. The topological polar surface area (TPSA) is 58.4 Å². The summed E-state index contributed by atoms with van der Waals surface area (Å²) in [6.07, 6.45) is 0. The number of nitrogens with one attached hydrogen (secondary N) is 1. The van der Waals surface area contributed by atoms with E-state index in [4.69, 9.17) is 5.73 Å². The second-order valence-corrected chi connectivity index (χ2v) is 2.97. The summed E-state index contributed by atoms with van der Waals surface area (Å²) in [6, 6.07) is 0. The standard InChI is InChI=1S/C6H13N3OS/c1-4(5(7)11)6(10)8-9(2)3/h4H,1-3H3,(H2,7,11)(H,8,10). The van der Waals surface area contributed by atoms with Gasteiger partial charge in [0.1, 0.15) is 0 Å². The molecule has 3 N–H and O–H groups in total. The molecule has 0 aliphatic heterocycles. The van der Waals surface area contributed by atoms with Gasteiger partial charge in [-0.1, -0.05) is 12.2 Å². The number of hydrogen-bond acceptors (Lipinski definition) is 3. The Hall–Kier alpha value is -0.680. The summed E-state index contributed by atoms with van der Waals surface area (Å²) >= 11 is 4.65. The van der Waals surface area contributed by atoms with E-state index in [1.807, 2.05) is 0 Å². The first kappa shape index (κ1) is 10.3. The van der Waals surface area contributed by atoms with E-state index in [1.165, 1.54) is 0 Å². The maximum Gasteiger partial charge on any atom is 0.243 e. The predicted octanol–water partition coefficient (Wildman–Crippen LogP) is -0.499. The molecular weight excluding hydrogens is 162 g/mol. The van der Waals surface area contributed by atoms with E-state index < -0.39 is 5.92 Å². The van der Waals surface area contributed by atoms with Crippen LogP contribution in [-0.4, -0.2) is 30.0 Å². The molecule has 0 rings (SSSR count). The monoisotopic (exact) mass is 175 g/mol. The van der Waals surface area contributed by atoms with Crippen LogP contribution in [0.2, 0.25) is 0 Å². The molecule has 0 aromatic heterocycles. The summed E-state index contributed by atoms with van der Waals surface area (Å²) in [5.41, 5.74) is 7.82. The summed E-state index contributed by atoms with van der Waals surface area (Å²) < 4.78 is 0. The zero-order valence-electron chi connectivity index (χ0n) is 6.92. The number of carbonyl (C=O) groups excluding carboxylic acids is 1. The second kappa shape index (κ2) is 4.25. The van der Waals surface area contributed by atoms with Gasteiger partial charge >= 0.3 is 0 Å². The summed E-state index contributed by atoms with van der Waals surface area (Å²) in [4.78, 5) is 11.3. The molecule has 11 heavy (non-hydrogen) atoms. The molecular formula is C6H13N3OS. The van der Waals surface area contributed by atoms with Crippen molar-refractivity contribution >= 4 is 23.1 Å². The van der Waals surface area contributed by atoms with Crippen LogP contribution in [0.3, 0.4) is 0 Å². The lowest BCUT2D eigenvalue weighted by atomic mass is 10.2. The Labute approximate surface area is 71.7 Å². The number of hydrogen-bond donors (Lipinski definition) is 2. The van der Waals surface area contributed by atoms with Crippen molar-refractivity contribution in [1.29, 1.82) is 0 Å². The molecule has 0 aliphatic carbocycles. The molecule has 4 nitrogen and oxygen atoms in total. The lowest BCUT2D eigenvalue weighted by molar-refractivity contribution is -0.126. The second-order valence-electron chi connectivity index (χ2n) is 2.49. The van der Waals surface area contributed by atoms with Crippen molar-refractivity contribution in [2.24, 2.45) is 11.7 Å². The maximum absolute atomic E-state index is 11.1. The Bertz CT molecular complexity index is 169. The third kappa shape index (κ3) is 3.90. The zero-order valence-corrected chi connectivity index (χ0v) is 7.73. The molecule has 0 saturated carbocycles. The lowest BCUT2D eigenvalue weighted by Gasteiger charge is -2.15. The first-order valence-electron chi connectivity index (χ1n) is 3.22. The first-order chi connectivity index (χ1) is 4.95. The normalized spacial score (nSPS) is 12.7. The quantitative estimate of drug-likeness (QED) is 0.448. The minimum absolute atomic E-state index is 0.178. The van der Waals surface area contributed by atoms with Gasteiger partial charge in [-0.2, -0.15) is 0 Å². The summed E-state index contributed by atoms with van der Waals surface area (Å²) in [7, 11) is 3.45. The molecule has 5 heteroatoms. The van der Waals surface area contributed by atoms with E-state index in [0.717, 1.165) is 0 Å². The van der Waals surface area contributed by atoms with Crippen molar-refractivity contribution in [2.75, 3.05) is 14.1 Å². The number of carbonyl (C=O) groups is 1. The van der Waals surface area contributed by atoms with Gasteiger partial charge in [-0.05, 0) is 6.92 Å². The molecule has 0 radical (unpaired) electrons. The highest BCUT2D eigenvalue weighted by atomic mass is 32.1. The van der Waals surface area contributed by atoms with Gasteiger partial charge in [-0.25, -0.2) is 5.01 Å². The van der Waals surface area contributed by atoms with Crippen LogP contribution in [0, 0.1) is 5.92 Å². The van der Waals surface area contributed by atoms with Gasteiger partial charge < -0.3 is 5.73 Å². The molecule has 64 valence electrons. The van der Waals surface area contributed by atoms with Gasteiger partial charge in [-0.15, -0.1) is 0 Å². The van der Waals surface area contributed by atoms with Gasteiger partial charge in [-0.3, -0.25) is 10.2 Å². The van der Waals surface area contributed by atoms with Gasteiger partial charge in [0.15, 0.2) is 0 Å². The van der Waals surface area contributed by atoms with E-state index in [9.17, 15) is 4.79 Å². The smallest absolute Gasteiger partial charge is 0.243 e. The Morgan fingerprint density at radius 2 is 2.09 bits per heavy atom. The largest absolute Gasteiger partial charge is 0.393 e. The van der Waals surface area contributed by atoms with Crippen LogP contribution in [0.15, 0.2) is 0 Å². The molecule has 0 bridgehead atoms. The van der Waals surface area contributed by atoms with E-state index >= 15 is 0 Å². The van der Waals surface area contributed by atoms with Crippen LogP contribution < -0.4 is 11.2 Å². The maximum atomic E-state index is 11.1. The van der Waals surface area contributed by atoms with Crippen LogP contribution in [-0.2, 0) is 4.79 Å². The fourth-order valence-corrected chi connectivity index (χ4v) is 0.553. The van der Waals surface area contributed by atoms with E-state index in [1.54, 1.807) is 26.0 Å². The van der Waals surface area contributed by atoms with Gasteiger partial charge in [0, 0.05) is 14.1 Å². The SMILES string of the molecule is CC(C(=O)NN(C)C)C(N)=S. The average Bonchev–Trinajstić information content (AvgIpc) is 1.84. The molecule has 0 aliphatic rings. The Kier molecular flexibility index (Phi) is 3.99. The number of nitrogens with two attached hydrogens (primary N) is 1. The van der Waals surface area contributed by atoms with Gasteiger partial charge in [0.25, 0.3) is 0 Å². The number of rotatable bonds is 3. The highest BCUT2D eigenvalue weighted by molar-refractivity contribution is 7.80. The van der Waals surface area contributed by atoms with E-state index in [-0.39, 0.29) is 10.9 Å². The third-order valence-electron chi connectivity index (χ3n) is 1.15. The van der Waals surface area contributed by atoms with Gasteiger partial charge in [0.2, 0.25) is 5.91 Å². The average molecular weight is 175 g/mol. The Morgan fingerprint density at radius 3 is 2.36 bits per heavy atom. The summed E-state index contributed by atoms with van der Waals surface area (Å²) in [5, 5.41) is 1.55. The molecule has 1 amide bonds. The van der Waals surface area contributed by atoms with Crippen molar-refractivity contribution in [2.45, 2.75) is 6.92 Å². The fraction of sp³-hybridized carbons (Fsp3) is 0.667. The zero-order chi connectivity index (χ0) is 9.02. The van der Waals surface area contributed by atoms with Crippen molar-refractivity contribution in [3.8, 4) is 0 Å². The first-order valence-corrected chi connectivity index (χ1v) is 3.63. The van der Waals surface area contributed by atoms with Crippen LogP contribution in [0.1, 0.15) is 6.92 Å². The van der Waals surface area contributed by atoms with Crippen LogP contribution >= 0.6 is 12.2 Å². The lowest BCUT2D eigenvalue weighted by Crippen LogP contribution is -2.42. The minimum atomic E-state index is -0.410. The van der Waals surface area contributed by atoms with Crippen molar-refractivity contribution in [1.82, 2.24) is 10.4 Å². The van der Waals surface area contributed by atoms with Crippen LogP contribution in [0.25, 0.3) is 0 Å². The summed E-state index contributed by atoms with van der Waals surface area (Å²) in [6.45, 7) is 1.67. The van der Waals surface area contributed by atoms with Crippen molar-refractivity contribution in [3.05, 3.63) is 0 Å². The number of nitrogens with zero attached hydrogens (tertiary/aromatic N) is 1. The van der Waals surface area contributed by atoms with E-state index in [0.29, 0.717) is 0 Å². The molecule has 0 spiro atoms. The highest BCUT2D eigenvalue weighted by Gasteiger charge is 2.15. The summed E-state index contributed by atoms with van der Waals surface area (Å²) in [5.74, 6) is -0.588. The molecule has 0 aromatic rings. The highest BCUT2D eigenvalue weighted by Crippen LogP contribution is 1.94. The van der Waals surface area contributed by atoms with Crippen LogP contribution in [0.4, 0.5) is 0 Å². The minimum Gasteiger partial charge on any atom is -0.393 e. The third-order valence-corrected chi connectivity index (χ3v) is 1.51. The van der Waals surface area contributed by atoms with Crippen molar-refractivity contribution in [3.63, 3.8) is 0 Å². The Morgan fingerprint density at radius 1 is 1.64 bits per heavy atom. The van der Waals surface area contributed by atoms with Crippen molar-refractivity contribution < 1.29 is 4.79 Å². The molecule has 0 heterocycles. The molecule has 0 saturated heterocycles.